The quantitative estimate of drug-likeness (QED) is 0.760. The number of hydrogen-bond acceptors (Lipinski definition) is 3. The van der Waals surface area contributed by atoms with E-state index in [0.717, 1.165) is 12.5 Å². The molecule has 0 radical (unpaired) electrons. The van der Waals surface area contributed by atoms with Crippen LogP contribution < -0.4 is 5.32 Å². The molecule has 2 unspecified atom stereocenters. The summed E-state index contributed by atoms with van der Waals surface area (Å²) in [6, 6.07) is 0.649. The maximum absolute atomic E-state index is 3.67. The summed E-state index contributed by atoms with van der Waals surface area (Å²) in [6.45, 7) is 9.46. The van der Waals surface area contributed by atoms with Gasteiger partial charge in [-0.15, -0.1) is 0 Å². The van der Waals surface area contributed by atoms with E-state index >= 15 is 0 Å². The molecule has 1 saturated heterocycles. The van der Waals surface area contributed by atoms with Gasteiger partial charge in [-0.3, -0.25) is 0 Å². The van der Waals surface area contributed by atoms with E-state index in [1.165, 1.54) is 32.5 Å². The second-order valence-electron chi connectivity index (χ2n) is 6.20. The summed E-state index contributed by atoms with van der Waals surface area (Å²) in [7, 11) is 6.60. The van der Waals surface area contributed by atoms with Crippen LogP contribution in [0.5, 0.6) is 0 Å². The molecule has 1 aliphatic heterocycles. The number of piperidine rings is 1. The highest BCUT2D eigenvalue weighted by Crippen LogP contribution is 2.14. The Kier molecular flexibility index (Phi) is 6.45. The second-order valence-corrected chi connectivity index (χ2v) is 6.20. The van der Waals surface area contributed by atoms with Crippen LogP contribution >= 0.6 is 0 Å². The molecule has 3 heteroatoms. The van der Waals surface area contributed by atoms with Crippen molar-refractivity contribution >= 4 is 0 Å². The molecule has 0 aromatic rings. The van der Waals surface area contributed by atoms with Gasteiger partial charge in [-0.25, -0.2) is 0 Å². The lowest BCUT2D eigenvalue weighted by atomic mass is 9.98. The van der Waals surface area contributed by atoms with Crippen molar-refractivity contribution in [3.8, 4) is 0 Å². The zero-order chi connectivity index (χ0) is 12.8. The third kappa shape index (κ3) is 5.36. The Morgan fingerprint density at radius 2 is 2.06 bits per heavy atom. The monoisotopic (exact) mass is 241 g/mol. The predicted molar refractivity (Wildman–Crippen MR) is 75.4 cm³/mol. The van der Waals surface area contributed by atoms with Gasteiger partial charge < -0.3 is 15.1 Å². The third-order valence-electron chi connectivity index (χ3n) is 3.94. The van der Waals surface area contributed by atoms with Crippen molar-refractivity contribution < 1.29 is 0 Å². The van der Waals surface area contributed by atoms with Crippen LogP contribution in [-0.2, 0) is 0 Å². The Morgan fingerprint density at radius 1 is 1.35 bits per heavy atom. The number of nitrogens with zero attached hydrogens (tertiary/aromatic N) is 2. The molecular weight excluding hydrogens is 210 g/mol. The summed E-state index contributed by atoms with van der Waals surface area (Å²) in [5.74, 6) is 1.57. The van der Waals surface area contributed by atoms with E-state index in [1.54, 1.807) is 0 Å². The highest BCUT2D eigenvalue weighted by Gasteiger charge is 2.19. The fourth-order valence-electron chi connectivity index (χ4n) is 2.89. The van der Waals surface area contributed by atoms with E-state index in [2.05, 4.69) is 50.1 Å². The molecule has 1 rings (SSSR count). The van der Waals surface area contributed by atoms with Crippen molar-refractivity contribution in [3.63, 3.8) is 0 Å². The number of rotatable bonds is 6. The van der Waals surface area contributed by atoms with Crippen LogP contribution in [-0.4, -0.2) is 63.2 Å². The summed E-state index contributed by atoms with van der Waals surface area (Å²) in [6.07, 6.45) is 2.76. The van der Waals surface area contributed by atoms with Gasteiger partial charge in [0.2, 0.25) is 0 Å². The maximum Gasteiger partial charge on any atom is 0.0237 e. The van der Waals surface area contributed by atoms with Crippen molar-refractivity contribution in [1.82, 2.24) is 15.1 Å². The molecule has 1 heterocycles. The molecular formula is C14H31N3. The minimum atomic E-state index is 0.649. The van der Waals surface area contributed by atoms with Crippen LogP contribution in [0, 0.1) is 11.8 Å². The topological polar surface area (TPSA) is 18.5 Å². The Balaban J connectivity index is 2.21. The molecule has 17 heavy (non-hydrogen) atoms. The first kappa shape index (κ1) is 14.9. The Morgan fingerprint density at radius 3 is 2.59 bits per heavy atom. The van der Waals surface area contributed by atoms with E-state index in [4.69, 9.17) is 0 Å². The van der Waals surface area contributed by atoms with Gasteiger partial charge in [0, 0.05) is 19.1 Å². The molecule has 3 nitrogen and oxygen atoms in total. The molecule has 1 fully saturated rings. The van der Waals surface area contributed by atoms with E-state index in [0.29, 0.717) is 12.0 Å². The number of hydrogen-bond donors (Lipinski definition) is 1. The molecule has 0 aliphatic carbocycles. The largest absolute Gasteiger partial charge is 0.315 e. The van der Waals surface area contributed by atoms with Gasteiger partial charge >= 0.3 is 0 Å². The molecule has 0 aromatic heterocycles. The maximum atomic E-state index is 3.67. The summed E-state index contributed by atoms with van der Waals surface area (Å²) in [5, 5.41) is 3.67. The fraction of sp³-hybridized carbons (Fsp3) is 1.00. The van der Waals surface area contributed by atoms with E-state index in [1.807, 2.05) is 0 Å². The number of likely N-dealkylation sites (tertiary alicyclic amines) is 1. The van der Waals surface area contributed by atoms with E-state index < -0.39 is 0 Å². The summed E-state index contributed by atoms with van der Waals surface area (Å²) < 4.78 is 0. The summed E-state index contributed by atoms with van der Waals surface area (Å²) in [5.41, 5.74) is 0. The minimum Gasteiger partial charge on any atom is -0.315 e. The average molecular weight is 241 g/mol. The lowest BCUT2D eigenvalue weighted by molar-refractivity contribution is 0.191. The van der Waals surface area contributed by atoms with Crippen LogP contribution in [0.1, 0.15) is 26.7 Å². The standard InChI is InChI=1S/C14H31N3/c1-12(2)14(16(3)4)10-15-9-13-7-6-8-17(5)11-13/h12-15H,6-11H2,1-5H3. The van der Waals surface area contributed by atoms with Crippen molar-refractivity contribution in [1.29, 1.82) is 0 Å². The van der Waals surface area contributed by atoms with E-state index in [9.17, 15) is 0 Å². The molecule has 0 aromatic carbocycles. The highest BCUT2D eigenvalue weighted by molar-refractivity contribution is 4.76. The Hall–Kier alpha value is -0.120. The van der Waals surface area contributed by atoms with Gasteiger partial charge in [0.1, 0.15) is 0 Å². The van der Waals surface area contributed by atoms with Gasteiger partial charge in [-0.1, -0.05) is 13.8 Å². The fourth-order valence-corrected chi connectivity index (χ4v) is 2.89. The van der Waals surface area contributed by atoms with Gasteiger partial charge in [0.25, 0.3) is 0 Å². The van der Waals surface area contributed by atoms with Crippen LogP contribution in [0.25, 0.3) is 0 Å². The van der Waals surface area contributed by atoms with Crippen LogP contribution in [0.2, 0.25) is 0 Å². The first-order valence-corrected chi connectivity index (χ1v) is 7.06. The van der Waals surface area contributed by atoms with Crippen molar-refractivity contribution in [2.75, 3.05) is 47.3 Å². The van der Waals surface area contributed by atoms with Crippen LogP contribution in [0.3, 0.4) is 0 Å². The molecule has 0 saturated carbocycles. The molecule has 0 spiro atoms. The summed E-state index contributed by atoms with van der Waals surface area (Å²) in [4.78, 5) is 4.80. The third-order valence-corrected chi connectivity index (χ3v) is 3.94. The average Bonchev–Trinajstić information content (AvgIpc) is 2.23. The lowest BCUT2D eigenvalue weighted by Gasteiger charge is -2.32. The van der Waals surface area contributed by atoms with Crippen LogP contribution in [0.4, 0.5) is 0 Å². The second kappa shape index (κ2) is 7.34. The molecule has 1 aliphatic rings. The first-order chi connectivity index (χ1) is 8.00. The SMILES string of the molecule is CC(C)C(CNCC1CCCN(C)C1)N(C)C. The molecule has 0 amide bonds. The smallest absolute Gasteiger partial charge is 0.0237 e. The molecule has 0 bridgehead atoms. The van der Waals surface area contributed by atoms with Gasteiger partial charge in [-0.2, -0.15) is 0 Å². The number of likely N-dealkylation sites (N-methyl/N-ethyl adjacent to an activating group) is 1. The van der Waals surface area contributed by atoms with Gasteiger partial charge in [-0.05, 0) is 58.9 Å². The zero-order valence-corrected chi connectivity index (χ0v) is 12.4. The highest BCUT2D eigenvalue weighted by atomic mass is 15.1. The normalized spacial score (nSPS) is 24.5. The Bertz CT molecular complexity index is 196. The minimum absolute atomic E-state index is 0.649. The van der Waals surface area contributed by atoms with Crippen molar-refractivity contribution in [2.45, 2.75) is 32.7 Å². The van der Waals surface area contributed by atoms with Gasteiger partial charge in [0.05, 0.1) is 0 Å². The summed E-state index contributed by atoms with van der Waals surface area (Å²) >= 11 is 0. The van der Waals surface area contributed by atoms with E-state index in [-0.39, 0.29) is 0 Å². The van der Waals surface area contributed by atoms with Crippen LogP contribution in [0.15, 0.2) is 0 Å². The molecule has 2 atom stereocenters. The lowest BCUT2D eigenvalue weighted by Crippen LogP contribution is -2.44. The van der Waals surface area contributed by atoms with Crippen molar-refractivity contribution in [2.24, 2.45) is 11.8 Å². The first-order valence-electron chi connectivity index (χ1n) is 7.06. The predicted octanol–water partition coefficient (Wildman–Crippen LogP) is 1.50. The Labute approximate surface area is 108 Å². The van der Waals surface area contributed by atoms with Gasteiger partial charge in [0.15, 0.2) is 0 Å². The molecule has 102 valence electrons. The zero-order valence-electron chi connectivity index (χ0n) is 12.4. The molecule has 1 N–H and O–H groups in total. The number of nitrogens with one attached hydrogen (secondary N) is 1. The van der Waals surface area contributed by atoms with Crippen molar-refractivity contribution in [3.05, 3.63) is 0 Å².